The average Bonchev–Trinajstić information content (AvgIpc) is 3.23. The summed E-state index contributed by atoms with van der Waals surface area (Å²) in [7, 11) is 1.35. The molecule has 0 saturated carbocycles. The molecule has 11 heteroatoms. The molecule has 0 radical (unpaired) electrons. The second kappa shape index (κ2) is 9.37. The van der Waals surface area contributed by atoms with Crippen molar-refractivity contribution in [3.05, 3.63) is 70.4 Å². The van der Waals surface area contributed by atoms with Gasteiger partial charge < -0.3 is 10.1 Å². The van der Waals surface area contributed by atoms with Crippen LogP contribution in [0.15, 0.2) is 53.7 Å². The van der Waals surface area contributed by atoms with Crippen molar-refractivity contribution in [3.8, 4) is 11.8 Å². The van der Waals surface area contributed by atoms with E-state index in [-0.39, 0.29) is 53.4 Å². The number of hydrogen-bond donors (Lipinski definition) is 1. The number of allylic oxidation sites excluding steroid dienone is 1. The number of amides is 4. The van der Waals surface area contributed by atoms with Crippen LogP contribution < -0.4 is 15.0 Å². The number of carbonyl (C=O) groups excluding carboxylic acids is 3. The van der Waals surface area contributed by atoms with Crippen LogP contribution in [0.5, 0.6) is 5.75 Å². The topological polar surface area (TPSA) is 103 Å². The van der Waals surface area contributed by atoms with Crippen molar-refractivity contribution < 1.29 is 32.3 Å². The molecule has 1 aliphatic heterocycles. The number of hydrogen-bond acceptors (Lipinski definition) is 5. The summed E-state index contributed by atoms with van der Waals surface area (Å²) in [6.07, 6.45) is -4.53. The molecular weight excluding hydrogens is 477 g/mol. The lowest BCUT2D eigenvalue weighted by molar-refractivity contribution is -0.137. The van der Waals surface area contributed by atoms with Gasteiger partial charge in [-0.3, -0.25) is 9.69 Å². The maximum atomic E-state index is 13.8. The molecular formula is C25H21F3N4O4. The predicted octanol–water partition coefficient (Wildman–Crippen LogP) is 4.92. The number of ketones is 1. The van der Waals surface area contributed by atoms with Crippen molar-refractivity contribution in [2.75, 3.05) is 18.6 Å². The summed E-state index contributed by atoms with van der Waals surface area (Å²) in [5.74, 6) is -0.166. The minimum atomic E-state index is -4.66. The van der Waals surface area contributed by atoms with E-state index in [4.69, 9.17) is 4.74 Å². The molecule has 186 valence electrons. The fourth-order valence-electron chi connectivity index (χ4n) is 4.50. The van der Waals surface area contributed by atoms with E-state index in [0.717, 1.165) is 28.0 Å². The maximum absolute atomic E-state index is 13.8. The number of nitrogens with zero attached hydrogens (tertiary/aromatic N) is 3. The summed E-state index contributed by atoms with van der Waals surface area (Å²) < 4.78 is 45.7. The van der Waals surface area contributed by atoms with Crippen LogP contribution in [0, 0.1) is 11.3 Å². The van der Waals surface area contributed by atoms with Gasteiger partial charge in [0.2, 0.25) is 0 Å². The molecule has 8 nitrogen and oxygen atoms in total. The van der Waals surface area contributed by atoms with E-state index in [1.807, 2.05) is 6.07 Å². The highest BCUT2D eigenvalue weighted by Gasteiger charge is 2.49. The van der Waals surface area contributed by atoms with Gasteiger partial charge in [0.25, 0.3) is 0 Å². The van der Waals surface area contributed by atoms with Gasteiger partial charge in [-0.05, 0) is 43.7 Å². The molecule has 2 aromatic carbocycles. The van der Waals surface area contributed by atoms with Gasteiger partial charge in [-0.1, -0.05) is 12.1 Å². The van der Waals surface area contributed by atoms with E-state index < -0.39 is 29.8 Å². The summed E-state index contributed by atoms with van der Waals surface area (Å²) in [5, 5.41) is 11.8. The Morgan fingerprint density at radius 3 is 2.58 bits per heavy atom. The second-order valence-electron chi connectivity index (χ2n) is 8.13. The SMILES string of the molecule is CCNC(=O)N1C(=O)N(c2cccc(C(F)(F)F)c2)C2=C(C(=O)CC2)C1c1ccc(C#N)cc1OC. The van der Waals surface area contributed by atoms with Gasteiger partial charge in [0, 0.05) is 29.8 Å². The first-order chi connectivity index (χ1) is 17.1. The molecule has 1 unspecified atom stereocenters. The summed E-state index contributed by atoms with van der Waals surface area (Å²) in [5.41, 5.74) is -0.193. The highest BCUT2D eigenvalue weighted by atomic mass is 19.4. The lowest BCUT2D eigenvalue weighted by atomic mass is 9.91. The molecule has 2 aromatic rings. The molecule has 1 heterocycles. The number of benzene rings is 2. The van der Waals surface area contributed by atoms with Crippen molar-refractivity contribution in [2.24, 2.45) is 0 Å². The number of anilines is 1. The highest BCUT2D eigenvalue weighted by Crippen LogP contribution is 2.47. The summed E-state index contributed by atoms with van der Waals surface area (Å²) >= 11 is 0. The molecule has 4 amide bonds. The molecule has 4 rings (SSSR count). The lowest BCUT2D eigenvalue weighted by Gasteiger charge is -2.41. The van der Waals surface area contributed by atoms with Gasteiger partial charge >= 0.3 is 18.2 Å². The summed E-state index contributed by atoms with van der Waals surface area (Å²) in [6.45, 7) is 1.79. The van der Waals surface area contributed by atoms with Crippen LogP contribution in [0.4, 0.5) is 28.4 Å². The van der Waals surface area contributed by atoms with Crippen LogP contribution in [-0.2, 0) is 11.0 Å². The first-order valence-corrected chi connectivity index (χ1v) is 11.0. The van der Waals surface area contributed by atoms with Gasteiger partial charge in [-0.15, -0.1) is 0 Å². The number of Topliss-reactive ketones (excluding diaryl/α,β-unsaturated/α-hetero) is 1. The third-order valence-corrected chi connectivity index (χ3v) is 6.03. The zero-order valence-corrected chi connectivity index (χ0v) is 19.3. The number of methoxy groups -OCH3 is 1. The second-order valence-corrected chi connectivity index (χ2v) is 8.13. The van der Waals surface area contributed by atoms with Crippen LogP contribution in [-0.4, -0.2) is 36.4 Å². The fraction of sp³-hybridized carbons (Fsp3) is 0.280. The van der Waals surface area contributed by atoms with Crippen LogP contribution in [0.2, 0.25) is 0 Å². The Hall–Kier alpha value is -4.33. The molecule has 1 aliphatic carbocycles. The van der Waals surface area contributed by atoms with Crippen molar-refractivity contribution >= 4 is 23.5 Å². The van der Waals surface area contributed by atoms with Gasteiger partial charge in [0.05, 0.1) is 30.0 Å². The van der Waals surface area contributed by atoms with E-state index in [9.17, 15) is 32.8 Å². The Bertz CT molecular complexity index is 1330. The van der Waals surface area contributed by atoms with Gasteiger partial charge in [-0.25, -0.2) is 14.5 Å². The number of nitriles is 1. The molecule has 1 N–H and O–H groups in total. The average molecular weight is 498 g/mol. The monoisotopic (exact) mass is 498 g/mol. The molecule has 0 saturated heterocycles. The van der Waals surface area contributed by atoms with E-state index >= 15 is 0 Å². The fourth-order valence-corrected chi connectivity index (χ4v) is 4.50. The zero-order chi connectivity index (χ0) is 26.2. The predicted molar refractivity (Wildman–Crippen MR) is 122 cm³/mol. The number of rotatable bonds is 4. The van der Waals surface area contributed by atoms with E-state index in [0.29, 0.717) is 5.56 Å². The van der Waals surface area contributed by atoms with E-state index in [1.54, 1.807) is 6.92 Å². The van der Waals surface area contributed by atoms with E-state index in [1.165, 1.54) is 31.4 Å². The maximum Gasteiger partial charge on any atom is 0.416 e. The molecule has 0 fully saturated rings. The number of carbonyl (C=O) groups is 3. The number of halogens is 3. The Morgan fingerprint density at radius 1 is 1.19 bits per heavy atom. The number of nitrogens with one attached hydrogen (secondary N) is 1. The van der Waals surface area contributed by atoms with Crippen molar-refractivity contribution in [3.63, 3.8) is 0 Å². The third-order valence-electron chi connectivity index (χ3n) is 6.03. The molecule has 36 heavy (non-hydrogen) atoms. The number of imide groups is 1. The molecule has 2 aliphatic rings. The van der Waals surface area contributed by atoms with E-state index in [2.05, 4.69) is 5.32 Å². The zero-order valence-electron chi connectivity index (χ0n) is 19.3. The summed E-state index contributed by atoms with van der Waals surface area (Å²) in [4.78, 5) is 41.9. The van der Waals surface area contributed by atoms with Gasteiger partial charge in [0.15, 0.2) is 5.78 Å². The Balaban J connectivity index is 1.97. The largest absolute Gasteiger partial charge is 0.496 e. The van der Waals surface area contributed by atoms with Crippen LogP contribution in [0.3, 0.4) is 0 Å². The first-order valence-electron chi connectivity index (χ1n) is 11.0. The Kier molecular flexibility index (Phi) is 6.45. The molecule has 0 aromatic heterocycles. The standard InChI is InChI=1S/C25H21F3N4O4/c1-3-30-23(34)32-22(17-8-7-14(13-29)11-20(17)36-2)21-18(9-10-19(21)33)31(24(32)35)16-6-4-5-15(12-16)25(26,27)28/h4-8,11-12,22H,3,9-10H2,1-2H3,(H,30,34). The smallest absolute Gasteiger partial charge is 0.416 e. The Labute approximate surface area is 204 Å². The molecule has 1 atom stereocenters. The molecule has 0 bridgehead atoms. The highest BCUT2D eigenvalue weighted by molar-refractivity contribution is 6.12. The van der Waals surface area contributed by atoms with Crippen LogP contribution >= 0.6 is 0 Å². The van der Waals surface area contributed by atoms with Crippen molar-refractivity contribution in [2.45, 2.75) is 32.0 Å². The Morgan fingerprint density at radius 2 is 1.94 bits per heavy atom. The number of ether oxygens (including phenoxy) is 1. The van der Waals surface area contributed by atoms with Crippen LogP contribution in [0.25, 0.3) is 0 Å². The quantitative estimate of drug-likeness (QED) is 0.645. The summed E-state index contributed by atoms with van der Waals surface area (Å²) in [6, 6.07) is 7.59. The number of alkyl halides is 3. The lowest BCUT2D eigenvalue weighted by Crippen LogP contribution is -2.55. The van der Waals surface area contributed by atoms with Crippen molar-refractivity contribution in [1.29, 1.82) is 5.26 Å². The minimum absolute atomic E-state index is 0.0196. The first kappa shape index (κ1) is 24.8. The molecule has 0 spiro atoms. The minimum Gasteiger partial charge on any atom is -0.496 e. The van der Waals surface area contributed by atoms with Gasteiger partial charge in [0.1, 0.15) is 11.8 Å². The number of urea groups is 2. The normalized spacial score (nSPS) is 17.7. The third kappa shape index (κ3) is 4.15. The van der Waals surface area contributed by atoms with Crippen molar-refractivity contribution in [1.82, 2.24) is 10.2 Å². The van der Waals surface area contributed by atoms with Gasteiger partial charge in [-0.2, -0.15) is 18.4 Å². The van der Waals surface area contributed by atoms with Crippen LogP contribution in [0.1, 0.15) is 42.5 Å².